The van der Waals surface area contributed by atoms with E-state index in [0.717, 1.165) is 11.4 Å². The highest BCUT2D eigenvalue weighted by Gasteiger charge is 1.99. The van der Waals surface area contributed by atoms with Gasteiger partial charge in [0, 0.05) is 5.69 Å². The van der Waals surface area contributed by atoms with Crippen molar-refractivity contribution in [3.63, 3.8) is 0 Å². The van der Waals surface area contributed by atoms with Gasteiger partial charge >= 0.3 is 5.97 Å². The number of carbonyl (C=O) groups is 1. The second-order valence-corrected chi connectivity index (χ2v) is 3.21. The van der Waals surface area contributed by atoms with Crippen LogP contribution < -0.4 is 15.8 Å². The quantitative estimate of drug-likeness (QED) is 0.633. The average Bonchev–Trinajstić information content (AvgIpc) is 2.30. The Morgan fingerprint density at radius 3 is 2.50 bits per heavy atom. The highest BCUT2D eigenvalue weighted by atomic mass is 35.5. The molecule has 0 aliphatic carbocycles. The molecular weight excluding hydrogens is 256 g/mol. The summed E-state index contributed by atoms with van der Waals surface area (Å²) in [7, 11) is 1.59. The summed E-state index contributed by atoms with van der Waals surface area (Å²) >= 11 is 0. The zero-order valence-corrected chi connectivity index (χ0v) is 11.1. The van der Waals surface area contributed by atoms with Crippen LogP contribution in [0.1, 0.15) is 6.92 Å². The van der Waals surface area contributed by atoms with Gasteiger partial charge in [-0.15, -0.1) is 12.4 Å². The van der Waals surface area contributed by atoms with Crippen LogP contribution in [0.2, 0.25) is 0 Å². The second-order valence-electron chi connectivity index (χ2n) is 3.21. The van der Waals surface area contributed by atoms with Crippen molar-refractivity contribution in [2.75, 3.05) is 19.0 Å². The zero-order chi connectivity index (χ0) is 12.7. The van der Waals surface area contributed by atoms with Crippen molar-refractivity contribution in [3.8, 4) is 5.75 Å². The lowest BCUT2D eigenvalue weighted by Crippen LogP contribution is -2.12. The summed E-state index contributed by atoms with van der Waals surface area (Å²) in [4.78, 5) is 11.1. The Morgan fingerprint density at radius 2 is 2.00 bits per heavy atom. The number of methoxy groups -OCH3 is 1. The van der Waals surface area contributed by atoms with E-state index >= 15 is 0 Å². The largest absolute Gasteiger partial charge is 0.497 e. The molecule has 0 aliphatic heterocycles. The van der Waals surface area contributed by atoms with Gasteiger partial charge in [-0.2, -0.15) is 0 Å². The maximum Gasteiger partial charge on any atom is 0.334 e. The molecular formula is C12H17ClN2O3. The molecule has 0 amide bonds. The molecule has 1 aromatic rings. The molecule has 3 N–H and O–H groups in total. The van der Waals surface area contributed by atoms with Crippen molar-refractivity contribution in [3.05, 3.63) is 36.2 Å². The highest BCUT2D eigenvalue weighted by Crippen LogP contribution is 2.15. The van der Waals surface area contributed by atoms with Gasteiger partial charge in [0.1, 0.15) is 11.6 Å². The fourth-order valence-corrected chi connectivity index (χ4v) is 1.19. The molecule has 0 saturated carbocycles. The van der Waals surface area contributed by atoms with Crippen LogP contribution in [0.25, 0.3) is 0 Å². The van der Waals surface area contributed by atoms with Gasteiger partial charge in [0.2, 0.25) is 0 Å². The number of esters is 1. The van der Waals surface area contributed by atoms with Crippen LogP contribution >= 0.6 is 12.4 Å². The van der Waals surface area contributed by atoms with Crippen molar-refractivity contribution in [2.45, 2.75) is 6.92 Å². The summed E-state index contributed by atoms with van der Waals surface area (Å²) in [6, 6.07) is 7.18. The fraction of sp³-hybridized carbons (Fsp3) is 0.250. The third-order valence-corrected chi connectivity index (χ3v) is 1.94. The number of halogens is 1. The van der Waals surface area contributed by atoms with E-state index in [2.05, 4.69) is 5.32 Å². The third kappa shape index (κ3) is 5.45. The van der Waals surface area contributed by atoms with Gasteiger partial charge in [-0.25, -0.2) is 4.79 Å². The normalized spacial score (nSPS) is 10.2. The van der Waals surface area contributed by atoms with Crippen LogP contribution in [0.5, 0.6) is 5.75 Å². The van der Waals surface area contributed by atoms with E-state index in [9.17, 15) is 4.79 Å². The van der Waals surface area contributed by atoms with Gasteiger partial charge in [0.15, 0.2) is 0 Å². The molecule has 0 atom stereocenters. The number of hydrogen-bond acceptors (Lipinski definition) is 5. The first-order chi connectivity index (χ1) is 8.15. The lowest BCUT2D eigenvalue weighted by Gasteiger charge is -2.07. The smallest absolute Gasteiger partial charge is 0.334 e. The number of ether oxygens (including phenoxy) is 2. The van der Waals surface area contributed by atoms with Crippen molar-refractivity contribution in [2.24, 2.45) is 5.73 Å². The topological polar surface area (TPSA) is 73.6 Å². The van der Waals surface area contributed by atoms with Crippen LogP contribution in [0.3, 0.4) is 0 Å². The summed E-state index contributed by atoms with van der Waals surface area (Å²) in [5.41, 5.74) is 6.39. The van der Waals surface area contributed by atoms with Crippen LogP contribution in [0.15, 0.2) is 36.2 Å². The Balaban J connectivity index is 0.00000289. The SMILES string of the molecule is CCOC(=O)C=C(N)Nc1ccc(OC)cc1.Cl. The Labute approximate surface area is 112 Å². The number of nitrogens with two attached hydrogens (primary N) is 1. The number of carbonyl (C=O) groups excluding carboxylic acids is 1. The molecule has 0 aliphatic rings. The van der Waals surface area contributed by atoms with E-state index in [1.54, 1.807) is 38.3 Å². The van der Waals surface area contributed by atoms with Crippen molar-refractivity contribution < 1.29 is 14.3 Å². The minimum Gasteiger partial charge on any atom is -0.497 e. The van der Waals surface area contributed by atoms with Gasteiger partial charge in [0.05, 0.1) is 19.8 Å². The lowest BCUT2D eigenvalue weighted by atomic mass is 10.3. The van der Waals surface area contributed by atoms with Crippen molar-refractivity contribution in [1.82, 2.24) is 0 Å². The molecule has 6 heteroatoms. The molecule has 1 aromatic carbocycles. The predicted octanol–water partition coefficient (Wildman–Crippen LogP) is 1.89. The average molecular weight is 273 g/mol. The summed E-state index contributed by atoms with van der Waals surface area (Å²) in [6.45, 7) is 2.06. The Hall–Kier alpha value is -1.88. The van der Waals surface area contributed by atoms with Crippen LogP contribution in [0.4, 0.5) is 5.69 Å². The summed E-state index contributed by atoms with van der Waals surface area (Å²) in [5.74, 6) is 0.517. The molecule has 0 bridgehead atoms. The number of hydrogen-bond donors (Lipinski definition) is 2. The molecule has 1 rings (SSSR count). The summed E-state index contributed by atoms with van der Waals surface area (Å²) in [6.07, 6.45) is 1.20. The first-order valence-corrected chi connectivity index (χ1v) is 5.20. The monoisotopic (exact) mass is 272 g/mol. The standard InChI is InChI=1S/C12H16N2O3.ClH/c1-3-17-12(15)8-11(13)14-9-4-6-10(16-2)7-5-9;/h4-8,14H,3,13H2,1-2H3;1H. The highest BCUT2D eigenvalue weighted by molar-refractivity contribution is 5.85. The molecule has 18 heavy (non-hydrogen) atoms. The van der Waals surface area contributed by atoms with E-state index < -0.39 is 5.97 Å². The van der Waals surface area contributed by atoms with Gasteiger partial charge < -0.3 is 20.5 Å². The second kappa shape index (κ2) is 8.25. The molecule has 0 aromatic heterocycles. The molecule has 100 valence electrons. The molecule has 0 spiro atoms. The van der Waals surface area contributed by atoms with Crippen molar-refractivity contribution in [1.29, 1.82) is 0 Å². The van der Waals surface area contributed by atoms with E-state index in [-0.39, 0.29) is 18.2 Å². The number of rotatable bonds is 5. The maximum absolute atomic E-state index is 11.1. The minimum atomic E-state index is -0.467. The Morgan fingerprint density at radius 1 is 1.39 bits per heavy atom. The number of nitrogens with one attached hydrogen (secondary N) is 1. The maximum atomic E-state index is 11.1. The Bertz CT molecular complexity index is 404. The lowest BCUT2D eigenvalue weighted by molar-refractivity contribution is -0.137. The van der Waals surface area contributed by atoms with Gasteiger partial charge in [0.25, 0.3) is 0 Å². The number of benzene rings is 1. The predicted molar refractivity (Wildman–Crippen MR) is 72.8 cm³/mol. The van der Waals surface area contributed by atoms with Crippen LogP contribution in [-0.4, -0.2) is 19.7 Å². The van der Waals surface area contributed by atoms with E-state index in [1.807, 2.05) is 0 Å². The summed E-state index contributed by atoms with van der Waals surface area (Å²) in [5, 5.41) is 2.86. The third-order valence-electron chi connectivity index (χ3n) is 1.94. The van der Waals surface area contributed by atoms with E-state index in [0.29, 0.717) is 6.61 Å². The number of anilines is 1. The minimum absolute atomic E-state index is 0. The molecule has 0 fully saturated rings. The fourth-order valence-electron chi connectivity index (χ4n) is 1.19. The van der Waals surface area contributed by atoms with Crippen LogP contribution in [-0.2, 0) is 9.53 Å². The Kier molecular flexibility index (Phi) is 7.38. The zero-order valence-electron chi connectivity index (χ0n) is 10.3. The van der Waals surface area contributed by atoms with Crippen LogP contribution in [0, 0.1) is 0 Å². The summed E-state index contributed by atoms with van der Waals surface area (Å²) < 4.78 is 9.75. The molecule has 5 nitrogen and oxygen atoms in total. The van der Waals surface area contributed by atoms with E-state index in [1.165, 1.54) is 6.08 Å². The molecule has 0 heterocycles. The molecule has 0 unspecified atom stereocenters. The first-order valence-electron chi connectivity index (χ1n) is 5.20. The first kappa shape index (κ1) is 16.1. The van der Waals surface area contributed by atoms with E-state index in [4.69, 9.17) is 15.2 Å². The molecule has 0 radical (unpaired) electrons. The van der Waals surface area contributed by atoms with Gasteiger partial charge in [-0.1, -0.05) is 0 Å². The van der Waals surface area contributed by atoms with Crippen molar-refractivity contribution >= 4 is 24.1 Å². The molecule has 0 saturated heterocycles. The van der Waals surface area contributed by atoms with Gasteiger partial charge in [-0.3, -0.25) is 0 Å². The van der Waals surface area contributed by atoms with Gasteiger partial charge in [-0.05, 0) is 31.2 Å².